The Labute approximate surface area is 84.2 Å². The third kappa shape index (κ3) is 1.64. The normalized spacial score (nSPS) is 9.54. The Hall–Kier alpha value is -1.50. The van der Waals surface area contributed by atoms with Crippen molar-refractivity contribution in [3.05, 3.63) is 12.4 Å². The highest BCUT2D eigenvalue weighted by atomic mass is 79.9. The first-order valence-electron chi connectivity index (χ1n) is 3.27. The van der Waals surface area contributed by atoms with E-state index in [1.165, 1.54) is 12.4 Å². The molecule has 0 atom stereocenters. The summed E-state index contributed by atoms with van der Waals surface area (Å²) in [5.74, 6) is 0.367. The van der Waals surface area contributed by atoms with Crippen LogP contribution in [0.3, 0.4) is 0 Å². The van der Waals surface area contributed by atoms with Crippen molar-refractivity contribution in [1.82, 2.24) is 19.9 Å². The largest absolute Gasteiger partial charge is 0.382 e. The summed E-state index contributed by atoms with van der Waals surface area (Å²) in [4.78, 5) is 15.5. The molecular weight excluding hydrogens is 236 g/mol. The van der Waals surface area contributed by atoms with Gasteiger partial charge in [0.1, 0.15) is 5.52 Å². The topological polar surface area (TPSA) is 104 Å². The number of fused-ring (bicyclic) bond motifs is 1. The van der Waals surface area contributed by atoms with Crippen LogP contribution in [0.4, 0.5) is 11.8 Å². The van der Waals surface area contributed by atoms with Gasteiger partial charge in [-0.15, -0.1) is 17.0 Å². The summed E-state index contributed by atoms with van der Waals surface area (Å²) in [5, 5.41) is 0. The first kappa shape index (κ1) is 9.59. The third-order valence-electron chi connectivity index (χ3n) is 1.38. The number of rotatable bonds is 0. The molecule has 0 saturated carbocycles. The molecule has 0 bridgehead atoms. The van der Waals surface area contributed by atoms with Crippen molar-refractivity contribution in [1.29, 1.82) is 0 Å². The van der Waals surface area contributed by atoms with E-state index < -0.39 is 0 Å². The van der Waals surface area contributed by atoms with E-state index in [0.717, 1.165) is 0 Å². The minimum atomic E-state index is 0. The zero-order valence-corrected chi connectivity index (χ0v) is 8.22. The van der Waals surface area contributed by atoms with Crippen LogP contribution in [-0.4, -0.2) is 19.9 Å². The molecule has 0 aliphatic rings. The van der Waals surface area contributed by atoms with Crippen LogP contribution in [0.15, 0.2) is 12.4 Å². The Kier molecular flexibility index (Phi) is 2.57. The predicted octanol–water partition coefficient (Wildman–Crippen LogP) is 0.162. The Morgan fingerprint density at radius 2 is 1.69 bits per heavy atom. The van der Waals surface area contributed by atoms with Gasteiger partial charge in [-0.05, 0) is 0 Å². The highest BCUT2D eigenvalue weighted by Crippen LogP contribution is 2.11. The van der Waals surface area contributed by atoms with Crippen molar-refractivity contribution in [3.8, 4) is 0 Å². The first-order valence-corrected chi connectivity index (χ1v) is 3.27. The molecule has 0 aliphatic carbocycles. The maximum atomic E-state index is 5.52. The average molecular weight is 243 g/mol. The molecule has 0 aliphatic heterocycles. The van der Waals surface area contributed by atoms with Crippen molar-refractivity contribution in [3.63, 3.8) is 0 Å². The summed E-state index contributed by atoms with van der Waals surface area (Å²) < 4.78 is 0. The molecule has 7 heteroatoms. The monoisotopic (exact) mass is 242 g/mol. The Bertz CT molecular complexity index is 430. The van der Waals surface area contributed by atoms with Crippen LogP contribution in [0.5, 0.6) is 0 Å². The quantitative estimate of drug-likeness (QED) is 0.683. The van der Waals surface area contributed by atoms with Crippen molar-refractivity contribution in [2.75, 3.05) is 11.5 Å². The highest BCUT2D eigenvalue weighted by Gasteiger charge is 2.03. The molecule has 13 heavy (non-hydrogen) atoms. The van der Waals surface area contributed by atoms with E-state index in [-0.39, 0.29) is 28.7 Å². The lowest BCUT2D eigenvalue weighted by molar-refractivity contribution is 1.16. The molecule has 68 valence electrons. The average Bonchev–Trinajstić information content (AvgIpc) is 2.04. The van der Waals surface area contributed by atoms with Crippen LogP contribution < -0.4 is 11.5 Å². The summed E-state index contributed by atoms with van der Waals surface area (Å²) in [6.07, 6.45) is 3.05. The van der Waals surface area contributed by atoms with Gasteiger partial charge in [0.25, 0.3) is 0 Å². The molecule has 0 radical (unpaired) electrons. The Balaban J connectivity index is 0.000000845. The fourth-order valence-corrected chi connectivity index (χ4v) is 0.903. The predicted molar refractivity (Wildman–Crippen MR) is 54.3 cm³/mol. The maximum Gasteiger partial charge on any atom is 0.224 e. The van der Waals surface area contributed by atoms with Gasteiger partial charge < -0.3 is 11.5 Å². The van der Waals surface area contributed by atoms with E-state index in [4.69, 9.17) is 11.5 Å². The van der Waals surface area contributed by atoms with Crippen molar-refractivity contribution < 1.29 is 0 Å². The van der Waals surface area contributed by atoms with Gasteiger partial charge >= 0.3 is 0 Å². The molecule has 0 spiro atoms. The summed E-state index contributed by atoms with van der Waals surface area (Å²) in [7, 11) is 0. The van der Waals surface area contributed by atoms with Crippen molar-refractivity contribution >= 4 is 39.9 Å². The lowest BCUT2D eigenvalue weighted by Gasteiger charge is -1.98. The van der Waals surface area contributed by atoms with Gasteiger partial charge in [0, 0.05) is 12.4 Å². The first-order chi connectivity index (χ1) is 5.77. The van der Waals surface area contributed by atoms with Crippen LogP contribution in [0.25, 0.3) is 11.2 Å². The summed E-state index contributed by atoms with van der Waals surface area (Å²) >= 11 is 0. The van der Waals surface area contributed by atoms with E-state index in [9.17, 15) is 0 Å². The zero-order chi connectivity index (χ0) is 8.55. The van der Waals surface area contributed by atoms with Gasteiger partial charge in [-0.1, -0.05) is 0 Å². The van der Waals surface area contributed by atoms with E-state index in [1.54, 1.807) is 0 Å². The van der Waals surface area contributed by atoms with Crippen molar-refractivity contribution in [2.45, 2.75) is 0 Å². The second-order valence-electron chi connectivity index (χ2n) is 2.20. The summed E-state index contributed by atoms with van der Waals surface area (Å²) in [6, 6.07) is 0. The Morgan fingerprint density at radius 3 is 2.46 bits per heavy atom. The number of hydrogen-bond acceptors (Lipinski definition) is 6. The van der Waals surface area contributed by atoms with Crippen molar-refractivity contribution in [2.24, 2.45) is 0 Å². The van der Waals surface area contributed by atoms with E-state index in [0.29, 0.717) is 11.2 Å². The number of aromatic nitrogens is 4. The molecule has 0 unspecified atom stereocenters. The fourth-order valence-electron chi connectivity index (χ4n) is 0.903. The van der Waals surface area contributed by atoms with Crippen LogP contribution in [-0.2, 0) is 0 Å². The SMILES string of the molecule is Br.Nc1nc(N)c2nccnc2n1. The van der Waals surface area contributed by atoms with E-state index in [1.807, 2.05) is 0 Å². The molecule has 0 fully saturated rings. The Morgan fingerprint density at radius 1 is 1.00 bits per heavy atom. The summed E-state index contributed by atoms with van der Waals surface area (Å²) in [6.45, 7) is 0. The zero-order valence-electron chi connectivity index (χ0n) is 6.51. The van der Waals surface area contributed by atoms with Crippen LogP contribution in [0.1, 0.15) is 0 Å². The molecule has 2 aromatic heterocycles. The fraction of sp³-hybridized carbons (Fsp3) is 0. The van der Waals surface area contributed by atoms with Gasteiger partial charge in [-0.3, -0.25) is 0 Å². The van der Waals surface area contributed by atoms with E-state index in [2.05, 4.69) is 19.9 Å². The maximum absolute atomic E-state index is 5.52. The molecule has 0 amide bonds. The lowest BCUT2D eigenvalue weighted by atomic mass is 10.5. The minimum absolute atomic E-state index is 0. The van der Waals surface area contributed by atoms with Crippen LogP contribution >= 0.6 is 17.0 Å². The molecule has 2 heterocycles. The number of nitrogen functional groups attached to an aromatic ring is 2. The number of hydrogen-bond donors (Lipinski definition) is 2. The molecule has 0 saturated heterocycles. The van der Waals surface area contributed by atoms with Gasteiger partial charge in [0.2, 0.25) is 5.95 Å². The second kappa shape index (κ2) is 3.48. The third-order valence-corrected chi connectivity index (χ3v) is 1.38. The number of anilines is 2. The molecule has 0 aromatic carbocycles. The summed E-state index contributed by atoms with van der Waals surface area (Å²) in [5.41, 5.74) is 11.8. The van der Waals surface area contributed by atoms with Gasteiger partial charge in [-0.25, -0.2) is 9.97 Å². The van der Waals surface area contributed by atoms with Gasteiger partial charge in [-0.2, -0.15) is 9.97 Å². The number of halogens is 1. The molecule has 2 rings (SSSR count). The molecule has 2 aromatic rings. The molecule has 4 N–H and O–H groups in total. The standard InChI is InChI=1S/C6H6N6.BrH/c7-4-3-5(10-2-1-9-3)12-6(8)11-4;/h1-2H,(H4,7,8,10,11,12);1H. The molecular formula is C6H7BrN6. The second-order valence-corrected chi connectivity index (χ2v) is 2.20. The number of nitrogens with zero attached hydrogens (tertiary/aromatic N) is 4. The van der Waals surface area contributed by atoms with Crippen LogP contribution in [0.2, 0.25) is 0 Å². The van der Waals surface area contributed by atoms with Gasteiger partial charge in [0.05, 0.1) is 0 Å². The number of nitrogens with two attached hydrogens (primary N) is 2. The highest BCUT2D eigenvalue weighted by molar-refractivity contribution is 8.93. The van der Waals surface area contributed by atoms with Gasteiger partial charge in [0.15, 0.2) is 11.5 Å². The van der Waals surface area contributed by atoms with Crippen LogP contribution in [0, 0.1) is 0 Å². The minimum Gasteiger partial charge on any atom is -0.382 e. The smallest absolute Gasteiger partial charge is 0.224 e. The lowest BCUT2D eigenvalue weighted by Crippen LogP contribution is -2.02. The molecule has 6 nitrogen and oxygen atoms in total. The van der Waals surface area contributed by atoms with E-state index >= 15 is 0 Å².